The molecule has 0 amide bonds. The zero-order valence-corrected chi connectivity index (χ0v) is 14.1. The summed E-state index contributed by atoms with van der Waals surface area (Å²) in [4.78, 5) is 23.2. The van der Waals surface area contributed by atoms with Gasteiger partial charge in [-0.05, 0) is 30.7 Å². The Bertz CT molecular complexity index is 509. The number of nitrogens with one attached hydrogen (secondary N) is 1. The Hall–Kier alpha value is -1.68. The first-order chi connectivity index (χ1) is 10.4. The van der Waals surface area contributed by atoms with E-state index in [0.29, 0.717) is 32.6 Å². The third-order valence-electron chi connectivity index (χ3n) is 3.38. The van der Waals surface area contributed by atoms with Crippen molar-refractivity contribution in [1.29, 1.82) is 0 Å². The first-order valence-electron chi connectivity index (χ1n) is 7.93. The lowest BCUT2D eigenvalue weighted by molar-refractivity contribution is -0.119. The molecule has 4 nitrogen and oxygen atoms in total. The van der Waals surface area contributed by atoms with Crippen LogP contribution in [0.4, 0.5) is 5.69 Å². The maximum Gasteiger partial charge on any atom is 0.165 e. The van der Waals surface area contributed by atoms with Crippen LogP contribution in [-0.4, -0.2) is 31.3 Å². The van der Waals surface area contributed by atoms with Gasteiger partial charge in [0.15, 0.2) is 5.78 Å². The number of anilines is 1. The summed E-state index contributed by atoms with van der Waals surface area (Å²) in [5.74, 6) is 0.374. The van der Waals surface area contributed by atoms with Gasteiger partial charge in [-0.1, -0.05) is 20.8 Å². The van der Waals surface area contributed by atoms with Crippen molar-refractivity contribution < 1.29 is 14.3 Å². The van der Waals surface area contributed by atoms with Crippen LogP contribution in [0.15, 0.2) is 18.2 Å². The van der Waals surface area contributed by atoms with Crippen molar-refractivity contribution in [2.45, 2.75) is 40.5 Å². The minimum Gasteiger partial charge on any atom is -0.383 e. The van der Waals surface area contributed by atoms with Crippen LogP contribution in [0.1, 0.15) is 49.5 Å². The maximum absolute atomic E-state index is 12.1. The maximum atomic E-state index is 12.1. The summed E-state index contributed by atoms with van der Waals surface area (Å²) in [7, 11) is 0. The van der Waals surface area contributed by atoms with Crippen LogP contribution in [0.25, 0.3) is 0 Å². The number of ketones is 2. The summed E-state index contributed by atoms with van der Waals surface area (Å²) in [6, 6.07) is 5.81. The van der Waals surface area contributed by atoms with Gasteiger partial charge >= 0.3 is 0 Å². The minimum absolute atomic E-state index is 0.00548. The van der Waals surface area contributed by atoms with Crippen LogP contribution >= 0.6 is 0 Å². The average Bonchev–Trinajstić information content (AvgIpc) is 2.48. The second-order valence-electron chi connectivity index (χ2n) is 5.79. The van der Waals surface area contributed by atoms with Crippen molar-refractivity contribution in [3.63, 3.8) is 0 Å². The van der Waals surface area contributed by atoms with Crippen LogP contribution in [-0.2, 0) is 9.53 Å². The summed E-state index contributed by atoms with van der Waals surface area (Å²) in [5.41, 5.74) is 2.73. The van der Waals surface area contributed by atoms with Crippen molar-refractivity contribution in [2.24, 2.45) is 5.92 Å². The van der Waals surface area contributed by atoms with E-state index < -0.39 is 0 Å². The molecule has 0 saturated carbocycles. The fraction of sp³-hybridized carbons (Fsp3) is 0.556. The minimum atomic E-state index is -0.00548. The standard InChI is InChI=1S/C18H27NO3/c1-5-17(20)6-8-22-9-7-19-16-11-14(4)10-15(12-16)18(21)13(2)3/h10-13,19H,5-9H2,1-4H3. The number of ether oxygens (including phenoxy) is 1. The molecular weight excluding hydrogens is 278 g/mol. The van der Waals surface area contributed by atoms with Crippen molar-refractivity contribution in [3.05, 3.63) is 29.3 Å². The van der Waals surface area contributed by atoms with Gasteiger partial charge in [0, 0.05) is 36.6 Å². The molecule has 0 aliphatic heterocycles. The monoisotopic (exact) mass is 305 g/mol. The number of hydrogen-bond acceptors (Lipinski definition) is 4. The van der Waals surface area contributed by atoms with E-state index in [-0.39, 0.29) is 17.5 Å². The highest BCUT2D eigenvalue weighted by atomic mass is 16.5. The largest absolute Gasteiger partial charge is 0.383 e. The van der Waals surface area contributed by atoms with Gasteiger partial charge in [0.25, 0.3) is 0 Å². The molecule has 1 aromatic carbocycles. The lowest BCUT2D eigenvalue weighted by Crippen LogP contribution is -2.13. The first kappa shape index (κ1) is 18.4. The lowest BCUT2D eigenvalue weighted by atomic mass is 9.99. The van der Waals surface area contributed by atoms with E-state index in [9.17, 15) is 9.59 Å². The van der Waals surface area contributed by atoms with E-state index in [1.807, 2.05) is 45.9 Å². The van der Waals surface area contributed by atoms with Crippen molar-refractivity contribution in [2.75, 3.05) is 25.1 Å². The number of hydrogen-bond donors (Lipinski definition) is 1. The molecule has 0 saturated heterocycles. The van der Waals surface area contributed by atoms with E-state index in [1.165, 1.54) is 0 Å². The van der Waals surface area contributed by atoms with Crippen molar-refractivity contribution >= 4 is 17.3 Å². The Balaban J connectivity index is 2.43. The third-order valence-corrected chi connectivity index (χ3v) is 3.38. The normalized spacial score (nSPS) is 10.8. The van der Waals surface area contributed by atoms with Crippen LogP contribution in [0.5, 0.6) is 0 Å². The highest BCUT2D eigenvalue weighted by Crippen LogP contribution is 2.17. The summed E-state index contributed by atoms with van der Waals surface area (Å²) in [6.45, 7) is 9.32. The van der Waals surface area contributed by atoms with Gasteiger partial charge < -0.3 is 10.1 Å². The second kappa shape index (κ2) is 9.36. The number of carbonyl (C=O) groups excluding carboxylic acids is 2. The summed E-state index contributed by atoms with van der Waals surface area (Å²) in [6.07, 6.45) is 1.05. The Morgan fingerprint density at radius 3 is 2.55 bits per heavy atom. The molecular formula is C18H27NO3. The van der Waals surface area contributed by atoms with Gasteiger partial charge in [-0.3, -0.25) is 9.59 Å². The van der Waals surface area contributed by atoms with Gasteiger partial charge in [0.1, 0.15) is 5.78 Å². The molecule has 0 radical (unpaired) electrons. The Morgan fingerprint density at radius 1 is 1.18 bits per heavy atom. The van der Waals surface area contributed by atoms with Crippen LogP contribution < -0.4 is 5.32 Å². The van der Waals surface area contributed by atoms with Gasteiger partial charge in [0.2, 0.25) is 0 Å². The number of benzene rings is 1. The van der Waals surface area contributed by atoms with E-state index in [0.717, 1.165) is 16.8 Å². The number of Topliss-reactive ketones (excluding diaryl/α,β-unsaturated/α-hetero) is 2. The lowest BCUT2D eigenvalue weighted by Gasteiger charge is -2.11. The molecule has 0 unspecified atom stereocenters. The van der Waals surface area contributed by atoms with Crippen LogP contribution in [0.2, 0.25) is 0 Å². The molecule has 0 bridgehead atoms. The SMILES string of the molecule is CCC(=O)CCOCCNc1cc(C)cc(C(=O)C(C)C)c1. The average molecular weight is 305 g/mol. The van der Waals surface area contributed by atoms with E-state index >= 15 is 0 Å². The van der Waals surface area contributed by atoms with E-state index in [4.69, 9.17) is 4.74 Å². The van der Waals surface area contributed by atoms with Gasteiger partial charge in [-0.25, -0.2) is 0 Å². The number of aryl methyl sites for hydroxylation is 1. The highest BCUT2D eigenvalue weighted by molar-refractivity contribution is 5.98. The second-order valence-corrected chi connectivity index (χ2v) is 5.79. The quantitative estimate of drug-likeness (QED) is 0.530. The predicted octanol–water partition coefficient (Wildman–Crippen LogP) is 3.63. The molecule has 1 aromatic rings. The summed E-state index contributed by atoms with van der Waals surface area (Å²) >= 11 is 0. The number of rotatable bonds is 10. The molecule has 0 aromatic heterocycles. The van der Waals surface area contributed by atoms with Crippen molar-refractivity contribution in [1.82, 2.24) is 0 Å². The number of carbonyl (C=O) groups is 2. The molecule has 0 heterocycles. The molecule has 0 aliphatic carbocycles. The molecule has 122 valence electrons. The zero-order valence-electron chi connectivity index (χ0n) is 14.1. The molecule has 0 fully saturated rings. The summed E-state index contributed by atoms with van der Waals surface area (Å²) in [5, 5.41) is 3.26. The van der Waals surface area contributed by atoms with E-state index in [2.05, 4.69) is 5.32 Å². The Kier molecular flexibility index (Phi) is 7.82. The molecule has 22 heavy (non-hydrogen) atoms. The summed E-state index contributed by atoms with van der Waals surface area (Å²) < 4.78 is 5.42. The topological polar surface area (TPSA) is 55.4 Å². The molecule has 1 N–H and O–H groups in total. The van der Waals surface area contributed by atoms with E-state index in [1.54, 1.807) is 0 Å². The molecule has 0 spiro atoms. The molecule has 1 rings (SSSR count). The zero-order chi connectivity index (χ0) is 16.5. The predicted molar refractivity (Wildman–Crippen MR) is 89.6 cm³/mol. The Morgan fingerprint density at radius 2 is 1.91 bits per heavy atom. The fourth-order valence-electron chi connectivity index (χ4n) is 2.09. The first-order valence-corrected chi connectivity index (χ1v) is 7.93. The van der Waals surface area contributed by atoms with Crippen LogP contribution in [0.3, 0.4) is 0 Å². The smallest absolute Gasteiger partial charge is 0.165 e. The van der Waals surface area contributed by atoms with Gasteiger partial charge in [0.05, 0.1) is 13.2 Å². The van der Waals surface area contributed by atoms with Crippen LogP contribution in [0, 0.1) is 12.8 Å². The van der Waals surface area contributed by atoms with Crippen molar-refractivity contribution in [3.8, 4) is 0 Å². The fourth-order valence-corrected chi connectivity index (χ4v) is 2.09. The van der Waals surface area contributed by atoms with Gasteiger partial charge in [-0.15, -0.1) is 0 Å². The molecule has 4 heteroatoms. The van der Waals surface area contributed by atoms with Gasteiger partial charge in [-0.2, -0.15) is 0 Å². The molecule has 0 aliphatic rings. The highest BCUT2D eigenvalue weighted by Gasteiger charge is 2.11. The molecule has 0 atom stereocenters. The Labute approximate surface area is 133 Å². The third kappa shape index (κ3) is 6.39.